The van der Waals surface area contributed by atoms with Crippen LogP contribution in [0, 0.1) is 5.92 Å². The van der Waals surface area contributed by atoms with Crippen molar-refractivity contribution < 1.29 is 9.84 Å². The summed E-state index contributed by atoms with van der Waals surface area (Å²) in [7, 11) is 1.53. The SMILES string of the molecule is COc1cc(Cl)cc(CN2CCC(C(C)N)CC2)c1O. The number of methoxy groups -OCH3 is 1. The zero-order valence-corrected chi connectivity index (χ0v) is 12.9. The molecule has 1 aliphatic heterocycles. The van der Waals surface area contributed by atoms with Crippen LogP contribution < -0.4 is 10.5 Å². The summed E-state index contributed by atoms with van der Waals surface area (Å²) in [5.41, 5.74) is 6.77. The van der Waals surface area contributed by atoms with Crippen molar-refractivity contribution >= 4 is 11.6 Å². The van der Waals surface area contributed by atoms with Gasteiger partial charge in [0.15, 0.2) is 11.5 Å². The number of piperidine rings is 1. The maximum atomic E-state index is 10.2. The van der Waals surface area contributed by atoms with Crippen molar-refractivity contribution in [1.29, 1.82) is 0 Å². The lowest BCUT2D eigenvalue weighted by molar-refractivity contribution is 0.164. The number of benzene rings is 1. The van der Waals surface area contributed by atoms with Gasteiger partial charge < -0.3 is 15.6 Å². The van der Waals surface area contributed by atoms with Gasteiger partial charge >= 0.3 is 0 Å². The van der Waals surface area contributed by atoms with Crippen molar-refractivity contribution in [3.05, 3.63) is 22.7 Å². The van der Waals surface area contributed by atoms with E-state index in [1.165, 1.54) is 7.11 Å². The average molecular weight is 299 g/mol. The maximum absolute atomic E-state index is 10.2. The molecule has 0 amide bonds. The van der Waals surface area contributed by atoms with Crippen LogP contribution in [0.3, 0.4) is 0 Å². The van der Waals surface area contributed by atoms with Crippen molar-refractivity contribution in [2.75, 3.05) is 20.2 Å². The van der Waals surface area contributed by atoms with Gasteiger partial charge in [0.25, 0.3) is 0 Å². The average Bonchev–Trinajstić information content (AvgIpc) is 2.43. The molecule has 1 atom stereocenters. The van der Waals surface area contributed by atoms with Gasteiger partial charge in [0.05, 0.1) is 7.11 Å². The molecule has 1 heterocycles. The van der Waals surface area contributed by atoms with E-state index in [-0.39, 0.29) is 11.8 Å². The quantitative estimate of drug-likeness (QED) is 0.897. The molecule has 20 heavy (non-hydrogen) atoms. The topological polar surface area (TPSA) is 58.7 Å². The molecule has 2 rings (SSSR count). The molecule has 1 unspecified atom stereocenters. The fraction of sp³-hybridized carbons (Fsp3) is 0.600. The predicted octanol–water partition coefficient (Wildman–Crippen LogP) is 2.61. The van der Waals surface area contributed by atoms with Gasteiger partial charge in [-0.3, -0.25) is 4.90 Å². The standard InChI is InChI=1S/C15H23ClN2O2/c1-10(17)11-3-5-18(6-4-11)9-12-7-13(16)8-14(20-2)15(12)19/h7-8,10-11,19H,3-6,9,17H2,1-2H3. The summed E-state index contributed by atoms with van der Waals surface area (Å²) in [6.45, 7) is 4.77. The molecule has 0 radical (unpaired) electrons. The summed E-state index contributed by atoms with van der Waals surface area (Å²) in [5.74, 6) is 1.22. The highest BCUT2D eigenvalue weighted by atomic mass is 35.5. The Morgan fingerprint density at radius 3 is 2.65 bits per heavy atom. The van der Waals surface area contributed by atoms with Gasteiger partial charge in [-0.2, -0.15) is 0 Å². The second-order valence-electron chi connectivity index (χ2n) is 5.59. The summed E-state index contributed by atoms with van der Waals surface area (Å²) in [6.07, 6.45) is 2.21. The van der Waals surface area contributed by atoms with Crippen LogP contribution in [0.2, 0.25) is 5.02 Å². The summed E-state index contributed by atoms with van der Waals surface area (Å²) >= 11 is 6.06. The van der Waals surface area contributed by atoms with E-state index in [2.05, 4.69) is 11.8 Å². The van der Waals surface area contributed by atoms with E-state index < -0.39 is 0 Å². The molecular weight excluding hydrogens is 276 g/mol. The van der Waals surface area contributed by atoms with Gasteiger partial charge in [-0.05, 0) is 44.8 Å². The third-order valence-corrected chi connectivity index (χ3v) is 4.33. The minimum atomic E-state index is 0.186. The van der Waals surface area contributed by atoms with Crippen molar-refractivity contribution in [3.63, 3.8) is 0 Å². The number of halogens is 1. The van der Waals surface area contributed by atoms with E-state index in [0.717, 1.165) is 31.5 Å². The highest BCUT2D eigenvalue weighted by Crippen LogP contribution is 2.34. The van der Waals surface area contributed by atoms with Crippen molar-refractivity contribution in [1.82, 2.24) is 4.90 Å². The molecule has 0 spiro atoms. The molecule has 5 heteroatoms. The summed E-state index contributed by atoms with van der Waals surface area (Å²) in [5, 5.41) is 10.7. The number of aromatic hydroxyl groups is 1. The molecule has 0 bridgehead atoms. The number of phenolic OH excluding ortho intramolecular Hbond substituents is 1. The van der Waals surface area contributed by atoms with Crippen molar-refractivity contribution in [2.24, 2.45) is 11.7 Å². The van der Waals surface area contributed by atoms with E-state index in [0.29, 0.717) is 23.2 Å². The predicted molar refractivity (Wildman–Crippen MR) is 81.3 cm³/mol. The molecule has 0 aromatic heterocycles. The Labute approximate surface area is 125 Å². The Morgan fingerprint density at radius 2 is 2.10 bits per heavy atom. The largest absolute Gasteiger partial charge is 0.504 e. The van der Waals surface area contributed by atoms with Crippen LogP contribution in [0.25, 0.3) is 0 Å². The Balaban J connectivity index is 2.03. The first kappa shape index (κ1) is 15.4. The molecule has 1 aliphatic rings. The molecular formula is C15H23ClN2O2. The Bertz CT molecular complexity index is 457. The van der Waals surface area contributed by atoms with Crippen LogP contribution in [0.4, 0.5) is 0 Å². The van der Waals surface area contributed by atoms with Crippen LogP contribution in [-0.2, 0) is 6.54 Å². The number of rotatable bonds is 4. The smallest absolute Gasteiger partial charge is 0.162 e. The van der Waals surface area contributed by atoms with Gasteiger partial charge in [-0.1, -0.05) is 11.6 Å². The molecule has 4 nitrogen and oxygen atoms in total. The first-order valence-corrected chi connectivity index (χ1v) is 7.42. The van der Waals surface area contributed by atoms with E-state index in [4.69, 9.17) is 22.1 Å². The minimum absolute atomic E-state index is 0.186. The van der Waals surface area contributed by atoms with E-state index in [1.807, 2.05) is 0 Å². The van der Waals surface area contributed by atoms with Gasteiger partial charge in [-0.25, -0.2) is 0 Å². The first-order valence-electron chi connectivity index (χ1n) is 7.04. The van der Waals surface area contributed by atoms with Gasteiger partial charge in [0.2, 0.25) is 0 Å². The van der Waals surface area contributed by atoms with Crippen LogP contribution >= 0.6 is 11.6 Å². The zero-order chi connectivity index (χ0) is 14.7. The van der Waals surface area contributed by atoms with Crippen LogP contribution in [-0.4, -0.2) is 36.2 Å². The number of hydrogen-bond donors (Lipinski definition) is 2. The van der Waals surface area contributed by atoms with Gasteiger partial charge in [0.1, 0.15) is 0 Å². The lowest BCUT2D eigenvalue weighted by atomic mass is 9.91. The van der Waals surface area contributed by atoms with Crippen LogP contribution in [0.5, 0.6) is 11.5 Å². The molecule has 0 aliphatic carbocycles. The molecule has 3 N–H and O–H groups in total. The zero-order valence-electron chi connectivity index (χ0n) is 12.1. The van der Waals surface area contributed by atoms with Gasteiger partial charge in [-0.15, -0.1) is 0 Å². The van der Waals surface area contributed by atoms with Crippen LogP contribution in [0.1, 0.15) is 25.3 Å². The summed E-state index contributed by atoms with van der Waals surface area (Å²) < 4.78 is 5.13. The number of hydrogen-bond acceptors (Lipinski definition) is 4. The third kappa shape index (κ3) is 3.57. The second-order valence-corrected chi connectivity index (χ2v) is 6.02. The van der Waals surface area contributed by atoms with E-state index >= 15 is 0 Å². The lowest BCUT2D eigenvalue weighted by Crippen LogP contribution is -2.39. The minimum Gasteiger partial charge on any atom is -0.504 e. The van der Waals surface area contributed by atoms with E-state index in [1.54, 1.807) is 12.1 Å². The highest BCUT2D eigenvalue weighted by Gasteiger charge is 2.23. The number of likely N-dealkylation sites (tertiary alicyclic amines) is 1. The third-order valence-electron chi connectivity index (χ3n) is 4.11. The Morgan fingerprint density at radius 1 is 1.45 bits per heavy atom. The maximum Gasteiger partial charge on any atom is 0.162 e. The number of ether oxygens (including phenoxy) is 1. The molecule has 0 saturated carbocycles. The number of nitrogens with two attached hydrogens (primary N) is 1. The Kier molecular flexibility index (Phi) is 5.13. The highest BCUT2D eigenvalue weighted by molar-refractivity contribution is 6.30. The van der Waals surface area contributed by atoms with Crippen molar-refractivity contribution in [3.8, 4) is 11.5 Å². The lowest BCUT2D eigenvalue weighted by Gasteiger charge is -2.33. The number of phenols is 1. The molecule has 112 valence electrons. The first-order chi connectivity index (χ1) is 9.51. The molecule has 1 saturated heterocycles. The molecule has 1 fully saturated rings. The van der Waals surface area contributed by atoms with Crippen LogP contribution in [0.15, 0.2) is 12.1 Å². The summed E-state index contributed by atoms with van der Waals surface area (Å²) in [4.78, 5) is 2.32. The fourth-order valence-corrected chi connectivity index (χ4v) is 3.01. The van der Waals surface area contributed by atoms with Gasteiger partial charge in [0, 0.05) is 29.2 Å². The Hall–Kier alpha value is -0.970. The fourth-order valence-electron chi connectivity index (χ4n) is 2.78. The molecule has 1 aromatic carbocycles. The normalized spacial score (nSPS) is 19.0. The monoisotopic (exact) mass is 298 g/mol. The molecule has 1 aromatic rings. The second kappa shape index (κ2) is 6.66. The summed E-state index contributed by atoms with van der Waals surface area (Å²) in [6, 6.07) is 3.69. The number of nitrogens with zero attached hydrogens (tertiary/aromatic N) is 1. The van der Waals surface area contributed by atoms with Crippen molar-refractivity contribution in [2.45, 2.75) is 32.4 Å². The van der Waals surface area contributed by atoms with E-state index in [9.17, 15) is 5.11 Å².